The van der Waals surface area contributed by atoms with Crippen LogP contribution in [0.1, 0.15) is 79.6 Å². The van der Waals surface area contributed by atoms with Crippen molar-refractivity contribution >= 4 is 55.4 Å². The molecule has 38 heavy (non-hydrogen) atoms. The molecule has 4 aliphatic rings. The Morgan fingerprint density at radius 3 is 2.32 bits per heavy atom. The van der Waals surface area contributed by atoms with E-state index < -0.39 is 27.9 Å². The zero-order valence-corrected chi connectivity index (χ0v) is 26.5. The minimum Gasteiger partial charge on any atom is -0.469 e. The summed E-state index contributed by atoms with van der Waals surface area (Å²) in [5, 5.41) is 12.0. The Morgan fingerprint density at radius 2 is 1.74 bits per heavy atom. The van der Waals surface area contributed by atoms with E-state index in [1.807, 2.05) is 0 Å². The number of aliphatic hydroxyl groups is 1. The van der Waals surface area contributed by atoms with Gasteiger partial charge < -0.3 is 14.6 Å². The van der Waals surface area contributed by atoms with Crippen molar-refractivity contribution in [2.75, 3.05) is 7.11 Å². The molecule has 4 saturated carbocycles. The van der Waals surface area contributed by atoms with Crippen molar-refractivity contribution in [3.8, 4) is 0 Å². The molecule has 0 heterocycles. The molecule has 0 aliphatic heterocycles. The molecule has 2 unspecified atom stereocenters. The monoisotopic (exact) mass is 660 g/mol. The second kappa shape index (κ2) is 10.6. The number of aliphatic hydroxyl groups excluding tert-OH is 1. The van der Waals surface area contributed by atoms with Crippen molar-refractivity contribution in [2.45, 2.75) is 101 Å². The van der Waals surface area contributed by atoms with Crippen LogP contribution in [0, 0.1) is 45.8 Å². The summed E-state index contributed by atoms with van der Waals surface area (Å²) in [7, 11) is 1.38. The first-order chi connectivity index (χ1) is 17.7. The molecule has 0 radical (unpaired) electrons. The molecule has 4 aliphatic carbocycles. The highest BCUT2D eigenvalue weighted by Crippen LogP contribution is 2.72. The lowest BCUT2D eigenvalue weighted by Gasteiger charge is -2.68. The fourth-order valence-electron chi connectivity index (χ4n) is 9.62. The predicted octanol–water partition coefficient (Wildman–Crippen LogP) is 5.02. The van der Waals surface area contributed by atoms with E-state index in [0.717, 1.165) is 12.8 Å². The van der Waals surface area contributed by atoms with E-state index in [4.69, 9.17) is 9.47 Å². The smallest absolute Gasteiger partial charge is 0.305 e. The first-order valence-corrected chi connectivity index (χ1v) is 15.7. The molecule has 12 atom stereocenters. The van der Waals surface area contributed by atoms with Crippen molar-refractivity contribution < 1.29 is 33.8 Å². The van der Waals surface area contributed by atoms with Crippen LogP contribution < -0.4 is 0 Å². The third kappa shape index (κ3) is 4.27. The molecule has 0 aromatic carbocycles. The molecule has 0 bridgehead atoms. The number of ether oxygens (including phenoxy) is 2. The molecule has 4 rings (SSSR count). The molecule has 0 amide bonds. The first kappa shape index (κ1) is 30.2. The van der Waals surface area contributed by atoms with E-state index in [2.05, 4.69) is 52.6 Å². The zero-order valence-electron chi connectivity index (χ0n) is 23.3. The summed E-state index contributed by atoms with van der Waals surface area (Å²) in [6, 6.07) is 0. The zero-order chi connectivity index (χ0) is 28.4. The summed E-state index contributed by atoms with van der Waals surface area (Å²) in [6.07, 6.45) is 2.65. The summed E-state index contributed by atoms with van der Waals surface area (Å²) in [6.45, 7) is 9.42. The second-order valence-corrected chi connectivity index (χ2v) is 15.0. The Bertz CT molecular complexity index is 1000. The fourth-order valence-corrected chi connectivity index (χ4v) is 11.9. The lowest BCUT2D eigenvalue weighted by atomic mass is 9.38. The van der Waals surface area contributed by atoms with Crippen LogP contribution >= 0.6 is 31.9 Å². The molecular formula is C29H42Br2O7. The molecule has 0 aromatic heterocycles. The van der Waals surface area contributed by atoms with Gasteiger partial charge in [0, 0.05) is 19.3 Å². The lowest BCUT2D eigenvalue weighted by Crippen LogP contribution is -2.70. The minimum atomic E-state index is -0.953. The summed E-state index contributed by atoms with van der Waals surface area (Å²) in [5.74, 6) is -0.885. The maximum Gasteiger partial charge on any atom is 0.305 e. The number of hydrogen-bond donors (Lipinski definition) is 1. The SMILES string of the molecule is COC(=O)CC[C@@H](C)[C@H]1CC[C@H]2C3C(C[C@H](O)[C@]12C(C)=O)[C@@]1(C)C[C@H](Br)C(=O)[C@H](Br)[C@@]1(C)C[C@H]3OC(C)=O. The number of halogens is 2. The van der Waals surface area contributed by atoms with E-state index in [9.17, 15) is 24.3 Å². The number of ketones is 2. The van der Waals surface area contributed by atoms with Crippen LogP contribution in [0.4, 0.5) is 0 Å². The van der Waals surface area contributed by atoms with Crippen molar-refractivity contribution in [3.63, 3.8) is 0 Å². The number of methoxy groups -OCH3 is 1. The van der Waals surface area contributed by atoms with Crippen LogP contribution in [0.25, 0.3) is 0 Å². The van der Waals surface area contributed by atoms with Crippen LogP contribution in [0.15, 0.2) is 0 Å². The highest BCUT2D eigenvalue weighted by molar-refractivity contribution is 9.10. The Hall–Kier alpha value is -0.800. The molecule has 1 N–H and O–H groups in total. The summed E-state index contributed by atoms with van der Waals surface area (Å²) >= 11 is 7.37. The minimum absolute atomic E-state index is 0.0171. The van der Waals surface area contributed by atoms with E-state index in [0.29, 0.717) is 25.7 Å². The van der Waals surface area contributed by atoms with Gasteiger partial charge in [-0.05, 0) is 80.0 Å². The quantitative estimate of drug-likeness (QED) is 0.315. The summed E-state index contributed by atoms with van der Waals surface area (Å²) in [4.78, 5) is 50.3. The Kier molecular flexibility index (Phi) is 8.38. The van der Waals surface area contributed by atoms with Crippen molar-refractivity contribution in [2.24, 2.45) is 45.8 Å². The molecule has 7 nitrogen and oxygen atoms in total. The Balaban J connectivity index is 1.80. The molecule has 4 fully saturated rings. The summed E-state index contributed by atoms with van der Waals surface area (Å²) in [5.41, 5.74) is -1.77. The van der Waals surface area contributed by atoms with Crippen LogP contribution in [0.3, 0.4) is 0 Å². The summed E-state index contributed by atoms with van der Waals surface area (Å²) < 4.78 is 10.9. The number of alkyl halides is 2. The van der Waals surface area contributed by atoms with Gasteiger partial charge in [-0.1, -0.05) is 52.6 Å². The Labute approximate surface area is 242 Å². The number of fused-ring (bicyclic) bond motifs is 5. The molecule has 9 heteroatoms. The number of carbonyl (C=O) groups excluding carboxylic acids is 4. The average molecular weight is 662 g/mol. The van der Waals surface area contributed by atoms with Gasteiger partial charge in [0.05, 0.1) is 28.3 Å². The van der Waals surface area contributed by atoms with Crippen molar-refractivity contribution in [1.29, 1.82) is 0 Å². The van der Waals surface area contributed by atoms with Crippen LogP contribution in [-0.4, -0.2) is 57.6 Å². The largest absolute Gasteiger partial charge is 0.469 e. The van der Waals surface area contributed by atoms with Crippen molar-refractivity contribution in [3.05, 3.63) is 0 Å². The van der Waals surface area contributed by atoms with Crippen molar-refractivity contribution in [1.82, 2.24) is 0 Å². The fraction of sp³-hybridized carbons (Fsp3) is 0.862. The van der Waals surface area contributed by atoms with Gasteiger partial charge in [-0.2, -0.15) is 0 Å². The van der Waals surface area contributed by atoms with Gasteiger partial charge in [0.15, 0.2) is 5.78 Å². The second-order valence-electron chi connectivity index (χ2n) is 12.9. The molecule has 0 aromatic rings. The predicted molar refractivity (Wildman–Crippen MR) is 149 cm³/mol. The van der Waals surface area contributed by atoms with Gasteiger partial charge in [0.25, 0.3) is 0 Å². The topological polar surface area (TPSA) is 107 Å². The van der Waals surface area contributed by atoms with Gasteiger partial charge in [0.2, 0.25) is 0 Å². The highest BCUT2D eigenvalue weighted by atomic mass is 79.9. The van der Waals surface area contributed by atoms with Crippen LogP contribution in [0.2, 0.25) is 0 Å². The molecule has 0 saturated heterocycles. The van der Waals surface area contributed by atoms with Gasteiger partial charge in [-0.3, -0.25) is 19.2 Å². The average Bonchev–Trinajstić information content (AvgIpc) is 3.26. The van der Waals surface area contributed by atoms with Gasteiger partial charge in [-0.15, -0.1) is 0 Å². The van der Waals surface area contributed by atoms with E-state index >= 15 is 0 Å². The van der Waals surface area contributed by atoms with Gasteiger partial charge >= 0.3 is 11.9 Å². The number of hydrogen-bond acceptors (Lipinski definition) is 7. The lowest BCUT2D eigenvalue weighted by molar-refractivity contribution is -0.228. The molecular weight excluding hydrogens is 620 g/mol. The van der Waals surface area contributed by atoms with E-state index in [1.54, 1.807) is 6.92 Å². The van der Waals surface area contributed by atoms with Crippen LogP contribution in [0.5, 0.6) is 0 Å². The van der Waals surface area contributed by atoms with Crippen LogP contribution in [-0.2, 0) is 28.7 Å². The number of rotatable bonds is 6. The third-order valence-corrected chi connectivity index (χ3v) is 13.8. The van der Waals surface area contributed by atoms with Gasteiger partial charge in [-0.25, -0.2) is 0 Å². The number of Topliss-reactive ketones (excluding diaryl/α,β-unsaturated/α-hetero) is 2. The standard InChI is InChI=1S/C29H42Br2O7/c1-14(7-10-23(35)37-6)17-8-9-18-24-19(11-22(34)29(17,18)15(2)32)27(4)12-20(30)25(36)26(31)28(27,5)13-21(24)38-16(3)33/h14,17-22,24,26,34H,7-13H2,1-6H3/t14-,17-,18+,19?,20+,21-,22+,24?,26+,27-,28-,29-/m1/s1. The highest BCUT2D eigenvalue weighted by Gasteiger charge is 2.73. The normalized spacial score (nSPS) is 46.8. The Morgan fingerprint density at radius 1 is 1.08 bits per heavy atom. The third-order valence-electron chi connectivity index (χ3n) is 11.5. The van der Waals surface area contributed by atoms with E-state index in [1.165, 1.54) is 14.0 Å². The molecule has 0 spiro atoms. The van der Waals surface area contributed by atoms with E-state index in [-0.39, 0.29) is 69.8 Å². The maximum atomic E-state index is 13.7. The molecule has 214 valence electrons. The number of carbonyl (C=O) groups is 4. The van der Waals surface area contributed by atoms with Gasteiger partial charge in [0.1, 0.15) is 11.9 Å². The first-order valence-electron chi connectivity index (χ1n) is 13.9. The maximum absolute atomic E-state index is 13.7. The number of esters is 2.